The third kappa shape index (κ3) is 6.99. The van der Waals surface area contributed by atoms with E-state index < -0.39 is 0 Å². The van der Waals surface area contributed by atoms with E-state index in [1.54, 1.807) is 37.4 Å². The Labute approximate surface area is 168 Å². The van der Waals surface area contributed by atoms with Crippen molar-refractivity contribution in [3.8, 4) is 0 Å². The summed E-state index contributed by atoms with van der Waals surface area (Å²) in [5.74, 6) is -0.00443. The van der Waals surface area contributed by atoms with Gasteiger partial charge in [0.1, 0.15) is 5.82 Å². The number of aryl methyl sites for hydroxylation is 1. The van der Waals surface area contributed by atoms with Gasteiger partial charge >= 0.3 is 0 Å². The predicted octanol–water partition coefficient (Wildman–Crippen LogP) is 2.91. The van der Waals surface area contributed by atoms with E-state index in [-0.39, 0.29) is 35.7 Å². The molecule has 0 bridgehead atoms. The molecule has 1 aromatic carbocycles. The number of guanidine groups is 1. The molecule has 1 aromatic heterocycles. The van der Waals surface area contributed by atoms with Gasteiger partial charge in [0.25, 0.3) is 5.91 Å². The number of halogens is 2. The molecule has 2 rings (SSSR count). The summed E-state index contributed by atoms with van der Waals surface area (Å²) < 4.78 is 13.5. The lowest BCUT2D eigenvalue weighted by Gasteiger charge is -2.12. The molecule has 0 aliphatic rings. The number of aliphatic imine (C=N–C) groups is 1. The van der Waals surface area contributed by atoms with Crippen LogP contribution in [0, 0.1) is 12.7 Å². The minimum atomic E-state index is -0.376. The van der Waals surface area contributed by atoms with E-state index in [1.165, 1.54) is 10.9 Å². The normalized spacial score (nSPS) is 10.8. The van der Waals surface area contributed by atoms with Crippen molar-refractivity contribution in [2.24, 2.45) is 4.99 Å². The Bertz CT molecular complexity index is 707. The van der Waals surface area contributed by atoms with Crippen LogP contribution in [0.1, 0.15) is 20.8 Å². The molecule has 0 fully saturated rings. The molecule has 0 aliphatic carbocycles. The monoisotopic (exact) mass is 476 g/mol. The van der Waals surface area contributed by atoms with Crippen LogP contribution in [-0.4, -0.2) is 32.0 Å². The summed E-state index contributed by atoms with van der Waals surface area (Å²) in [4.78, 5) is 17.3. The highest BCUT2D eigenvalue weighted by molar-refractivity contribution is 14.0. The van der Waals surface area contributed by atoms with Gasteiger partial charge in [0.05, 0.1) is 6.54 Å². The van der Waals surface area contributed by atoms with Gasteiger partial charge in [-0.1, -0.05) is 12.1 Å². The molecular formula is C17H22FIN4OS. The fraction of sp³-hybridized carbons (Fsp3) is 0.294. The first kappa shape index (κ1) is 21.4. The lowest BCUT2D eigenvalue weighted by molar-refractivity contribution is 0.0954. The quantitative estimate of drug-likeness (QED) is 0.260. The zero-order chi connectivity index (χ0) is 17.4. The number of carbonyl (C=O) groups is 1. The molecule has 3 N–H and O–H groups in total. The van der Waals surface area contributed by atoms with Gasteiger partial charge < -0.3 is 16.0 Å². The Morgan fingerprint density at radius 1 is 1.20 bits per heavy atom. The van der Waals surface area contributed by atoms with Gasteiger partial charge in [-0.3, -0.25) is 9.79 Å². The van der Waals surface area contributed by atoms with Crippen molar-refractivity contribution in [2.75, 3.05) is 20.1 Å². The molecule has 1 amide bonds. The Kier molecular flexibility index (Phi) is 9.43. The number of carbonyl (C=O) groups excluding carboxylic acids is 1. The molecule has 0 saturated heterocycles. The molecular weight excluding hydrogens is 454 g/mol. The van der Waals surface area contributed by atoms with Crippen molar-refractivity contribution < 1.29 is 9.18 Å². The average molecular weight is 476 g/mol. The molecule has 2 aromatic rings. The van der Waals surface area contributed by atoms with E-state index in [9.17, 15) is 9.18 Å². The van der Waals surface area contributed by atoms with Gasteiger partial charge in [-0.25, -0.2) is 4.39 Å². The molecule has 0 atom stereocenters. The third-order valence-corrected chi connectivity index (χ3v) is 4.25. The molecule has 136 valence electrons. The van der Waals surface area contributed by atoms with Crippen molar-refractivity contribution >= 4 is 47.2 Å². The number of nitrogens with one attached hydrogen (secondary N) is 3. The van der Waals surface area contributed by atoms with Crippen molar-refractivity contribution in [2.45, 2.75) is 13.5 Å². The summed E-state index contributed by atoms with van der Waals surface area (Å²) in [7, 11) is 1.69. The maximum Gasteiger partial charge on any atom is 0.251 e. The highest BCUT2D eigenvalue weighted by Crippen LogP contribution is 2.09. The van der Waals surface area contributed by atoms with E-state index in [0.717, 1.165) is 0 Å². The highest BCUT2D eigenvalue weighted by Gasteiger charge is 2.07. The topological polar surface area (TPSA) is 65.5 Å². The van der Waals surface area contributed by atoms with Crippen LogP contribution >= 0.6 is 35.3 Å². The maximum absolute atomic E-state index is 13.5. The number of hydrogen-bond donors (Lipinski definition) is 3. The first-order chi connectivity index (χ1) is 11.6. The van der Waals surface area contributed by atoms with Gasteiger partial charge in [-0.05, 0) is 36.1 Å². The minimum absolute atomic E-state index is 0. The molecule has 25 heavy (non-hydrogen) atoms. The fourth-order valence-electron chi connectivity index (χ4n) is 2.00. The van der Waals surface area contributed by atoms with Crippen molar-refractivity contribution in [3.05, 3.63) is 57.5 Å². The van der Waals surface area contributed by atoms with Gasteiger partial charge in [0.15, 0.2) is 5.96 Å². The number of hydrogen-bond acceptors (Lipinski definition) is 3. The minimum Gasteiger partial charge on any atom is -0.355 e. The summed E-state index contributed by atoms with van der Waals surface area (Å²) in [6.07, 6.45) is 0. The first-order valence-electron chi connectivity index (χ1n) is 7.61. The van der Waals surface area contributed by atoms with Crippen molar-refractivity contribution in [1.82, 2.24) is 16.0 Å². The van der Waals surface area contributed by atoms with E-state index >= 15 is 0 Å². The third-order valence-electron chi connectivity index (χ3n) is 3.37. The van der Waals surface area contributed by atoms with Crippen LogP contribution in [0.3, 0.4) is 0 Å². The fourth-order valence-corrected chi connectivity index (χ4v) is 2.64. The second-order valence-electron chi connectivity index (χ2n) is 5.15. The van der Waals surface area contributed by atoms with Crippen LogP contribution in [0.15, 0.2) is 40.7 Å². The molecule has 8 heteroatoms. The zero-order valence-electron chi connectivity index (χ0n) is 14.1. The second-order valence-corrected chi connectivity index (χ2v) is 6.18. The van der Waals surface area contributed by atoms with Crippen LogP contribution in [0.5, 0.6) is 0 Å². The van der Waals surface area contributed by atoms with Gasteiger partial charge in [0.2, 0.25) is 0 Å². The van der Waals surface area contributed by atoms with Gasteiger partial charge in [-0.15, -0.1) is 35.3 Å². The van der Waals surface area contributed by atoms with Crippen LogP contribution < -0.4 is 16.0 Å². The first-order valence-corrected chi connectivity index (χ1v) is 8.49. The van der Waals surface area contributed by atoms with Crippen LogP contribution in [0.2, 0.25) is 0 Å². The molecule has 1 heterocycles. The Hall–Kier alpha value is -1.68. The lowest BCUT2D eigenvalue weighted by Crippen LogP contribution is -2.41. The lowest BCUT2D eigenvalue weighted by atomic mass is 10.1. The smallest absolute Gasteiger partial charge is 0.251 e. The Morgan fingerprint density at radius 3 is 2.60 bits per heavy atom. The van der Waals surface area contributed by atoms with E-state index in [4.69, 9.17) is 0 Å². The summed E-state index contributed by atoms with van der Waals surface area (Å²) in [5.41, 5.74) is 0.840. The van der Waals surface area contributed by atoms with Crippen molar-refractivity contribution in [1.29, 1.82) is 0 Å². The van der Waals surface area contributed by atoms with Crippen LogP contribution in [0.4, 0.5) is 4.39 Å². The van der Waals surface area contributed by atoms with E-state index in [2.05, 4.69) is 20.9 Å². The largest absolute Gasteiger partial charge is 0.355 e. The predicted molar refractivity (Wildman–Crippen MR) is 111 cm³/mol. The maximum atomic E-state index is 13.5. The van der Waals surface area contributed by atoms with Gasteiger partial charge in [0, 0.05) is 30.6 Å². The second kappa shape index (κ2) is 11.0. The van der Waals surface area contributed by atoms with Crippen LogP contribution in [0.25, 0.3) is 0 Å². The number of thiophene rings is 1. The standard InChI is InChI=1S/C17H21FN4OS.HI/c1-12-5-6-13(10-15(12)18)16(23)20-7-8-21-17(19-2)22-11-14-4-3-9-24-14;/h3-6,9-10H,7-8,11H2,1-2H3,(H,20,23)(H2,19,21,22);1H. The highest BCUT2D eigenvalue weighted by atomic mass is 127. The average Bonchev–Trinajstić information content (AvgIpc) is 3.10. The molecule has 0 saturated carbocycles. The summed E-state index contributed by atoms with van der Waals surface area (Å²) in [5, 5.41) is 11.1. The van der Waals surface area contributed by atoms with Crippen molar-refractivity contribution in [3.63, 3.8) is 0 Å². The molecule has 5 nitrogen and oxygen atoms in total. The molecule has 0 radical (unpaired) electrons. The Morgan fingerprint density at radius 2 is 1.96 bits per heavy atom. The van der Waals surface area contributed by atoms with Gasteiger partial charge in [-0.2, -0.15) is 0 Å². The number of rotatable bonds is 6. The molecule has 0 unspecified atom stereocenters. The SMILES string of the molecule is CN=C(NCCNC(=O)c1ccc(C)c(F)c1)NCc1cccs1.I. The Balaban J connectivity index is 0.00000312. The number of benzene rings is 1. The van der Waals surface area contributed by atoms with E-state index in [0.29, 0.717) is 36.7 Å². The van der Waals surface area contributed by atoms with E-state index in [1.807, 2.05) is 17.5 Å². The summed E-state index contributed by atoms with van der Waals surface area (Å²) in [6.45, 7) is 3.29. The zero-order valence-corrected chi connectivity index (χ0v) is 17.3. The molecule has 0 aliphatic heterocycles. The summed E-state index contributed by atoms with van der Waals surface area (Å²) >= 11 is 1.67. The number of nitrogens with zero attached hydrogens (tertiary/aromatic N) is 1. The summed E-state index contributed by atoms with van der Waals surface area (Å²) in [6, 6.07) is 8.51. The molecule has 0 spiro atoms. The van der Waals surface area contributed by atoms with Crippen LogP contribution in [-0.2, 0) is 6.54 Å². The number of amides is 1.